The molecule has 0 aliphatic carbocycles. The molecule has 2 aliphatic heterocycles. The maximum absolute atomic E-state index is 12.6. The molecule has 0 spiro atoms. The Balaban J connectivity index is 1.46. The Labute approximate surface area is 138 Å². The second-order valence-corrected chi connectivity index (χ2v) is 7.63. The number of likely N-dealkylation sites (N-methyl/N-ethyl adjacent to an activating group) is 1. The molecule has 4 heteroatoms. The largest absolute Gasteiger partial charge is 0.335 e. The normalized spacial score (nSPS) is 25.2. The van der Waals surface area contributed by atoms with Crippen LogP contribution in [-0.2, 0) is 10.5 Å². The highest BCUT2D eigenvalue weighted by Gasteiger charge is 2.38. The monoisotopic (exact) mass is 318 g/mol. The number of likely N-dealkylation sites (tertiary alicyclic amines) is 1. The molecular formula is C18H26N2OS. The zero-order valence-electron chi connectivity index (χ0n) is 13.4. The van der Waals surface area contributed by atoms with E-state index in [2.05, 4.69) is 41.1 Å². The van der Waals surface area contributed by atoms with E-state index in [1.54, 1.807) is 0 Å². The van der Waals surface area contributed by atoms with Crippen molar-refractivity contribution in [3.63, 3.8) is 0 Å². The number of benzene rings is 1. The number of hydrogen-bond donors (Lipinski definition) is 0. The minimum Gasteiger partial charge on any atom is -0.335 e. The Morgan fingerprint density at radius 3 is 2.77 bits per heavy atom. The lowest BCUT2D eigenvalue weighted by Gasteiger charge is -2.28. The van der Waals surface area contributed by atoms with Crippen LogP contribution in [0.1, 0.15) is 31.2 Å². The van der Waals surface area contributed by atoms with Crippen molar-refractivity contribution in [1.29, 1.82) is 0 Å². The highest BCUT2D eigenvalue weighted by Crippen LogP contribution is 2.30. The van der Waals surface area contributed by atoms with Gasteiger partial charge in [-0.1, -0.05) is 30.3 Å². The molecule has 2 saturated heterocycles. The summed E-state index contributed by atoms with van der Waals surface area (Å²) < 4.78 is 0. The second-order valence-electron chi connectivity index (χ2n) is 6.53. The molecule has 2 atom stereocenters. The number of rotatable bonds is 5. The van der Waals surface area contributed by atoms with Gasteiger partial charge in [-0.3, -0.25) is 4.79 Å². The maximum atomic E-state index is 12.6. The molecule has 0 radical (unpaired) electrons. The predicted molar refractivity (Wildman–Crippen MR) is 93.0 cm³/mol. The lowest BCUT2D eigenvalue weighted by molar-refractivity contribution is -0.133. The average molecular weight is 318 g/mol. The van der Waals surface area contributed by atoms with Gasteiger partial charge in [0.15, 0.2) is 0 Å². The van der Waals surface area contributed by atoms with Gasteiger partial charge in [0.25, 0.3) is 0 Å². The number of fused-ring (bicyclic) bond motifs is 2. The molecule has 0 aromatic heterocycles. The van der Waals surface area contributed by atoms with Crippen molar-refractivity contribution in [2.24, 2.45) is 0 Å². The molecule has 1 aromatic carbocycles. The summed E-state index contributed by atoms with van der Waals surface area (Å²) in [5.41, 5.74) is 1.34. The maximum Gasteiger partial charge on any atom is 0.223 e. The molecule has 0 saturated carbocycles. The van der Waals surface area contributed by atoms with Crippen molar-refractivity contribution in [3.8, 4) is 0 Å². The average Bonchev–Trinajstić information content (AvgIpc) is 2.84. The van der Waals surface area contributed by atoms with E-state index < -0.39 is 0 Å². The highest BCUT2D eigenvalue weighted by molar-refractivity contribution is 7.98. The molecule has 2 aliphatic rings. The molecule has 22 heavy (non-hydrogen) atoms. The summed E-state index contributed by atoms with van der Waals surface area (Å²) in [6, 6.07) is 11.5. The molecule has 0 N–H and O–H groups in total. The molecule has 0 unspecified atom stereocenters. The molecule has 1 amide bonds. The van der Waals surface area contributed by atoms with Crippen LogP contribution < -0.4 is 0 Å². The Morgan fingerprint density at radius 2 is 1.95 bits per heavy atom. The van der Waals surface area contributed by atoms with E-state index in [1.165, 1.54) is 18.4 Å². The third-order valence-corrected chi connectivity index (χ3v) is 5.88. The second kappa shape index (κ2) is 7.51. The SMILES string of the molecule is CN1CC[C@H]2CC[C@@H](C1)N2C(=O)CCSCc1ccccc1. The summed E-state index contributed by atoms with van der Waals surface area (Å²) in [6.07, 6.45) is 4.24. The van der Waals surface area contributed by atoms with Gasteiger partial charge in [0.1, 0.15) is 0 Å². The molecular weight excluding hydrogens is 292 g/mol. The van der Waals surface area contributed by atoms with Crippen LogP contribution in [0, 0.1) is 0 Å². The van der Waals surface area contributed by atoms with Crippen molar-refractivity contribution in [3.05, 3.63) is 35.9 Å². The first-order chi connectivity index (χ1) is 10.7. The topological polar surface area (TPSA) is 23.6 Å². The molecule has 1 aromatic rings. The van der Waals surface area contributed by atoms with Gasteiger partial charge in [-0.2, -0.15) is 11.8 Å². The minimum absolute atomic E-state index is 0.378. The standard InChI is InChI=1S/C18H26N2OS/c1-19-11-9-16-7-8-17(13-19)20(16)18(21)10-12-22-14-15-5-3-2-4-6-15/h2-6,16-17H,7-14H2,1H3/t16-,17+/m1/s1. The van der Waals surface area contributed by atoms with Gasteiger partial charge in [-0.25, -0.2) is 0 Å². The number of carbonyl (C=O) groups is 1. The summed E-state index contributed by atoms with van der Waals surface area (Å²) >= 11 is 1.87. The lowest BCUT2D eigenvalue weighted by Crippen LogP contribution is -2.42. The van der Waals surface area contributed by atoms with Gasteiger partial charge in [-0.05, 0) is 38.4 Å². The Morgan fingerprint density at radius 1 is 1.18 bits per heavy atom. The van der Waals surface area contributed by atoms with Crippen molar-refractivity contribution >= 4 is 17.7 Å². The Hall–Kier alpha value is -1.00. The molecule has 120 valence electrons. The highest BCUT2D eigenvalue weighted by atomic mass is 32.2. The van der Waals surface area contributed by atoms with E-state index in [0.29, 0.717) is 24.4 Å². The summed E-state index contributed by atoms with van der Waals surface area (Å²) in [7, 11) is 2.18. The van der Waals surface area contributed by atoms with Gasteiger partial charge < -0.3 is 9.80 Å². The van der Waals surface area contributed by atoms with Crippen molar-refractivity contribution in [1.82, 2.24) is 9.80 Å². The van der Waals surface area contributed by atoms with Crippen molar-refractivity contribution in [2.75, 3.05) is 25.9 Å². The number of thioether (sulfide) groups is 1. The summed E-state index contributed by atoms with van der Waals surface area (Å²) in [5, 5.41) is 0. The van der Waals surface area contributed by atoms with Crippen molar-refractivity contribution in [2.45, 2.75) is 43.5 Å². The van der Waals surface area contributed by atoms with Gasteiger partial charge in [0.2, 0.25) is 5.91 Å². The van der Waals surface area contributed by atoms with Crippen LogP contribution in [0.15, 0.2) is 30.3 Å². The molecule has 2 heterocycles. The van der Waals surface area contributed by atoms with Crippen LogP contribution in [-0.4, -0.2) is 53.7 Å². The van der Waals surface area contributed by atoms with Crippen molar-refractivity contribution < 1.29 is 4.79 Å². The van der Waals surface area contributed by atoms with Gasteiger partial charge in [-0.15, -0.1) is 0 Å². The Bertz CT molecular complexity index is 493. The fraction of sp³-hybridized carbons (Fsp3) is 0.611. The molecule has 3 nitrogen and oxygen atoms in total. The number of hydrogen-bond acceptors (Lipinski definition) is 3. The first-order valence-corrected chi connectivity index (χ1v) is 9.51. The van der Waals surface area contributed by atoms with E-state index in [4.69, 9.17) is 0 Å². The number of carbonyl (C=O) groups excluding carboxylic acids is 1. The Kier molecular flexibility index (Phi) is 5.42. The third kappa shape index (κ3) is 3.85. The van der Waals surface area contributed by atoms with Gasteiger partial charge in [0.05, 0.1) is 0 Å². The van der Waals surface area contributed by atoms with Crippen LogP contribution in [0.25, 0.3) is 0 Å². The van der Waals surface area contributed by atoms with Crippen LogP contribution in [0.4, 0.5) is 0 Å². The summed E-state index contributed by atoms with van der Waals surface area (Å²) in [6.45, 7) is 2.19. The molecule has 3 rings (SSSR count). The molecule has 2 bridgehead atoms. The first-order valence-electron chi connectivity index (χ1n) is 8.35. The summed E-state index contributed by atoms with van der Waals surface area (Å²) in [5.74, 6) is 2.31. The van der Waals surface area contributed by atoms with E-state index >= 15 is 0 Å². The van der Waals surface area contributed by atoms with E-state index in [9.17, 15) is 4.79 Å². The lowest BCUT2D eigenvalue weighted by atomic mass is 10.1. The van der Waals surface area contributed by atoms with E-state index in [-0.39, 0.29) is 0 Å². The fourth-order valence-electron chi connectivity index (χ4n) is 3.70. The number of amides is 1. The summed E-state index contributed by atoms with van der Waals surface area (Å²) in [4.78, 5) is 17.2. The molecule has 2 fully saturated rings. The van der Waals surface area contributed by atoms with Gasteiger partial charge in [0, 0.05) is 36.6 Å². The van der Waals surface area contributed by atoms with E-state index in [1.807, 2.05) is 17.8 Å². The predicted octanol–water partition coefficient (Wildman–Crippen LogP) is 3.01. The third-order valence-electron chi connectivity index (χ3n) is 4.85. The van der Waals surface area contributed by atoms with Crippen LogP contribution in [0.5, 0.6) is 0 Å². The van der Waals surface area contributed by atoms with Gasteiger partial charge >= 0.3 is 0 Å². The zero-order valence-corrected chi connectivity index (χ0v) is 14.2. The van der Waals surface area contributed by atoms with Crippen LogP contribution in [0.2, 0.25) is 0 Å². The van der Waals surface area contributed by atoms with Crippen LogP contribution in [0.3, 0.4) is 0 Å². The fourth-order valence-corrected chi connectivity index (χ4v) is 4.60. The van der Waals surface area contributed by atoms with Crippen LogP contribution >= 0.6 is 11.8 Å². The first kappa shape index (κ1) is 15.9. The zero-order chi connectivity index (χ0) is 15.4. The minimum atomic E-state index is 0.378. The van der Waals surface area contributed by atoms with E-state index in [0.717, 1.165) is 31.0 Å². The number of nitrogens with zero attached hydrogens (tertiary/aromatic N) is 2. The smallest absolute Gasteiger partial charge is 0.223 e. The quantitative estimate of drug-likeness (QED) is 0.780.